The van der Waals surface area contributed by atoms with Gasteiger partial charge in [-0.25, -0.2) is 0 Å². The fourth-order valence-electron chi connectivity index (χ4n) is 1.07. The fraction of sp³-hybridized carbons (Fsp3) is 0. The zero-order chi connectivity index (χ0) is 8.23. The van der Waals surface area contributed by atoms with E-state index in [-0.39, 0.29) is 17.1 Å². The van der Waals surface area contributed by atoms with Gasteiger partial charge >= 0.3 is 17.1 Å². The summed E-state index contributed by atoms with van der Waals surface area (Å²) in [7, 11) is 0. The summed E-state index contributed by atoms with van der Waals surface area (Å²) >= 11 is 0. The van der Waals surface area contributed by atoms with Crippen molar-refractivity contribution in [1.82, 2.24) is 4.98 Å². The van der Waals surface area contributed by atoms with Crippen molar-refractivity contribution in [3.63, 3.8) is 0 Å². The van der Waals surface area contributed by atoms with Gasteiger partial charge in [0.25, 0.3) is 0 Å². The Morgan fingerprint density at radius 2 is 1.85 bits per heavy atom. The molecule has 0 spiro atoms. The van der Waals surface area contributed by atoms with Crippen LogP contribution in [-0.4, -0.2) is 4.98 Å². The summed E-state index contributed by atoms with van der Waals surface area (Å²) in [6, 6.07) is 16.8. The van der Waals surface area contributed by atoms with E-state index in [9.17, 15) is 0 Å². The Morgan fingerprint density at radius 1 is 1.00 bits per heavy atom. The van der Waals surface area contributed by atoms with E-state index in [1.165, 1.54) is 0 Å². The number of hydrogen-bond donors (Lipinski definition) is 0. The van der Waals surface area contributed by atoms with Gasteiger partial charge in [0.05, 0.1) is 0 Å². The number of benzene rings is 1. The molecule has 68 valence electrons. The third-order valence-electron chi connectivity index (χ3n) is 1.65. The molecule has 2 heteroatoms. The molecule has 0 atom stereocenters. The van der Waals surface area contributed by atoms with Crippen LogP contribution in [0.2, 0.25) is 0 Å². The summed E-state index contributed by atoms with van der Waals surface area (Å²) in [5, 5.41) is 0. The van der Waals surface area contributed by atoms with Crippen LogP contribution in [0.5, 0.6) is 0 Å². The van der Waals surface area contributed by atoms with E-state index in [4.69, 9.17) is 0 Å². The standard InChI is InChI=1S/C11H8N.Cu/c1-2-6-10(7-3-1)11-8-4-5-9-12-11;/h1-6,8-9H;/q-1;+1. The van der Waals surface area contributed by atoms with Gasteiger partial charge in [-0.05, 0) is 11.8 Å². The minimum absolute atomic E-state index is 0. The summed E-state index contributed by atoms with van der Waals surface area (Å²) in [6.07, 6.45) is 1.79. The van der Waals surface area contributed by atoms with Gasteiger partial charge in [0, 0.05) is 6.20 Å². The first-order valence-corrected chi connectivity index (χ1v) is 3.85. The van der Waals surface area contributed by atoms with Crippen molar-refractivity contribution in [2.45, 2.75) is 0 Å². The second-order valence-electron chi connectivity index (χ2n) is 2.49. The molecule has 1 nitrogen and oxygen atoms in total. The maximum Gasteiger partial charge on any atom is 1.00 e. The van der Waals surface area contributed by atoms with Crippen molar-refractivity contribution in [2.75, 3.05) is 0 Å². The molecule has 0 radical (unpaired) electrons. The predicted octanol–water partition coefficient (Wildman–Crippen LogP) is 2.55. The zero-order valence-electron chi connectivity index (χ0n) is 6.87. The Hall–Kier alpha value is -1.11. The van der Waals surface area contributed by atoms with Crippen LogP contribution in [-0.2, 0) is 17.1 Å². The number of pyridine rings is 1. The fourth-order valence-corrected chi connectivity index (χ4v) is 1.07. The Bertz CT molecular complexity index is 307. The van der Waals surface area contributed by atoms with Crippen molar-refractivity contribution < 1.29 is 17.1 Å². The van der Waals surface area contributed by atoms with E-state index in [0.717, 1.165) is 11.3 Å². The van der Waals surface area contributed by atoms with Crippen molar-refractivity contribution in [3.8, 4) is 11.3 Å². The van der Waals surface area contributed by atoms with Gasteiger partial charge in [-0.2, -0.15) is 0 Å². The van der Waals surface area contributed by atoms with Crippen LogP contribution in [0.3, 0.4) is 0 Å². The molecule has 1 aromatic carbocycles. The van der Waals surface area contributed by atoms with E-state index >= 15 is 0 Å². The van der Waals surface area contributed by atoms with Crippen LogP contribution >= 0.6 is 0 Å². The number of rotatable bonds is 1. The van der Waals surface area contributed by atoms with Crippen LogP contribution in [0.4, 0.5) is 0 Å². The Kier molecular flexibility index (Phi) is 3.69. The third-order valence-corrected chi connectivity index (χ3v) is 1.65. The predicted molar refractivity (Wildman–Crippen MR) is 48.5 cm³/mol. The first-order chi connectivity index (χ1) is 5.97. The summed E-state index contributed by atoms with van der Waals surface area (Å²) in [4.78, 5) is 4.22. The summed E-state index contributed by atoms with van der Waals surface area (Å²) in [6.45, 7) is 0. The van der Waals surface area contributed by atoms with Crippen LogP contribution in [0.1, 0.15) is 0 Å². The van der Waals surface area contributed by atoms with Crippen LogP contribution < -0.4 is 0 Å². The first-order valence-electron chi connectivity index (χ1n) is 3.85. The zero-order valence-corrected chi connectivity index (χ0v) is 7.81. The van der Waals surface area contributed by atoms with Gasteiger partial charge in [-0.15, -0.1) is 35.9 Å². The van der Waals surface area contributed by atoms with Crippen molar-refractivity contribution in [2.24, 2.45) is 0 Å². The Balaban J connectivity index is 0.000000845. The second kappa shape index (κ2) is 4.80. The SMILES string of the molecule is [Cu+].[c-]1ccccc1-c1ccccn1. The summed E-state index contributed by atoms with van der Waals surface area (Å²) < 4.78 is 0. The molecule has 0 saturated heterocycles. The van der Waals surface area contributed by atoms with Crippen LogP contribution in [0.15, 0.2) is 48.7 Å². The Morgan fingerprint density at radius 3 is 2.46 bits per heavy atom. The molecule has 0 N–H and O–H groups in total. The number of nitrogens with zero attached hydrogens (tertiary/aromatic N) is 1. The summed E-state index contributed by atoms with van der Waals surface area (Å²) in [5.41, 5.74) is 2.01. The molecule has 1 heterocycles. The van der Waals surface area contributed by atoms with Crippen LogP contribution in [0, 0.1) is 6.07 Å². The molecular weight excluding hydrogens is 210 g/mol. The normalized spacial score (nSPS) is 8.92. The van der Waals surface area contributed by atoms with Gasteiger partial charge in [0.15, 0.2) is 0 Å². The minimum Gasteiger partial charge on any atom is -0.305 e. The van der Waals surface area contributed by atoms with E-state index in [0.29, 0.717) is 0 Å². The van der Waals surface area contributed by atoms with E-state index in [1.807, 2.05) is 42.5 Å². The molecule has 0 bridgehead atoms. The molecule has 0 aliphatic carbocycles. The maximum absolute atomic E-state index is 4.22. The minimum atomic E-state index is 0. The molecule has 1 aromatic heterocycles. The largest absolute Gasteiger partial charge is 1.00 e. The molecule has 0 aliphatic heterocycles. The van der Waals surface area contributed by atoms with Crippen molar-refractivity contribution in [3.05, 3.63) is 54.7 Å². The monoisotopic (exact) mass is 217 g/mol. The molecular formula is C11H8CuN. The van der Waals surface area contributed by atoms with Gasteiger partial charge in [0.2, 0.25) is 0 Å². The van der Waals surface area contributed by atoms with E-state index < -0.39 is 0 Å². The molecule has 0 saturated carbocycles. The molecule has 0 aliphatic rings. The first kappa shape index (κ1) is 9.97. The van der Waals surface area contributed by atoms with Crippen LogP contribution in [0.25, 0.3) is 11.3 Å². The topological polar surface area (TPSA) is 12.9 Å². The Labute approximate surface area is 88.3 Å². The average molecular weight is 218 g/mol. The average Bonchev–Trinajstić information content (AvgIpc) is 2.21. The molecule has 13 heavy (non-hydrogen) atoms. The quantitative estimate of drug-likeness (QED) is 0.529. The molecule has 0 amide bonds. The smallest absolute Gasteiger partial charge is 0.305 e. The van der Waals surface area contributed by atoms with Gasteiger partial charge < -0.3 is 4.98 Å². The molecule has 0 fully saturated rings. The summed E-state index contributed by atoms with van der Waals surface area (Å²) in [5.74, 6) is 0. The number of hydrogen-bond acceptors (Lipinski definition) is 1. The van der Waals surface area contributed by atoms with Gasteiger partial charge in [0.1, 0.15) is 0 Å². The second-order valence-corrected chi connectivity index (χ2v) is 2.49. The maximum atomic E-state index is 4.22. The molecule has 2 aromatic rings. The molecule has 0 unspecified atom stereocenters. The van der Waals surface area contributed by atoms with E-state index in [2.05, 4.69) is 11.1 Å². The number of aromatic nitrogens is 1. The van der Waals surface area contributed by atoms with Crippen molar-refractivity contribution in [1.29, 1.82) is 0 Å². The van der Waals surface area contributed by atoms with Gasteiger partial charge in [-0.3, -0.25) is 0 Å². The third kappa shape index (κ3) is 2.41. The van der Waals surface area contributed by atoms with Crippen molar-refractivity contribution >= 4 is 0 Å². The van der Waals surface area contributed by atoms with E-state index in [1.54, 1.807) is 6.20 Å². The molecule has 2 rings (SSSR count). The van der Waals surface area contributed by atoms with Gasteiger partial charge in [-0.1, -0.05) is 12.1 Å².